The molecule has 3 N–H and O–H groups in total. The molecule has 3 heterocycles. The van der Waals surface area contributed by atoms with Crippen LogP contribution in [-0.2, 0) is 38.3 Å². The van der Waals surface area contributed by atoms with Crippen LogP contribution in [0.3, 0.4) is 0 Å². The van der Waals surface area contributed by atoms with E-state index in [4.69, 9.17) is 14.5 Å². The SMILES string of the molecule is CC(=O)NC[C@H]1CN(c2ccc(N3Cc4cn(CCOP(=O)(O)O)nc4C3)c(F)c2)C(=O)O1. The van der Waals surface area contributed by atoms with E-state index in [-0.39, 0.29) is 32.1 Å². The average Bonchev–Trinajstić information content (AvgIpc) is 3.38. The zero-order chi connectivity index (χ0) is 23.8. The Kier molecular flexibility index (Phi) is 6.39. The molecule has 14 heteroatoms. The number of carbonyl (C=O) groups excluding carboxylic acids is 2. The van der Waals surface area contributed by atoms with Crippen molar-refractivity contribution in [3.63, 3.8) is 0 Å². The van der Waals surface area contributed by atoms with Crippen molar-refractivity contribution in [3.8, 4) is 0 Å². The first-order valence-corrected chi connectivity index (χ1v) is 11.6. The number of phosphoric ester groups is 1. The third kappa shape index (κ3) is 5.50. The van der Waals surface area contributed by atoms with Crippen molar-refractivity contribution in [3.05, 3.63) is 41.5 Å². The lowest BCUT2D eigenvalue weighted by molar-refractivity contribution is -0.119. The van der Waals surface area contributed by atoms with Gasteiger partial charge in [0.1, 0.15) is 11.9 Å². The number of nitrogens with one attached hydrogen (secondary N) is 1. The number of benzene rings is 1. The zero-order valence-electron chi connectivity index (χ0n) is 17.7. The molecule has 2 aliphatic heterocycles. The second kappa shape index (κ2) is 9.10. The fraction of sp³-hybridized carbons (Fsp3) is 0.421. The first-order chi connectivity index (χ1) is 15.6. The molecule has 0 aliphatic carbocycles. The molecule has 0 radical (unpaired) electrons. The number of carbonyl (C=O) groups is 2. The Morgan fingerprint density at radius 3 is 2.85 bits per heavy atom. The van der Waals surface area contributed by atoms with E-state index >= 15 is 0 Å². The van der Waals surface area contributed by atoms with Crippen LogP contribution in [0.25, 0.3) is 0 Å². The topological polar surface area (TPSA) is 146 Å². The standard InChI is InChI=1S/C19H23FN5O7P/c1-12(26)21-7-15-10-25(19(27)32-15)14-2-3-18(16(20)6-14)23-8-13-9-24(22-17(13)11-23)4-5-31-33(28,29)30/h2-3,6,9,15H,4-5,7-8,10-11H2,1H3,(H,21,26)(H2,28,29,30)/t15-/m0/s1. The fourth-order valence-corrected chi connectivity index (χ4v) is 4.08. The van der Waals surface area contributed by atoms with Gasteiger partial charge in [0.25, 0.3) is 0 Å². The van der Waals surface area contributed by atoms with E-state index in [0.29, 0.717) is 24.5 Å². The summed E-state index contributed by atoms with van der Waals surface area (Å²) in [6, 6.07) is 4.50. The molecule has 2 aromatic rings. The normalized spacial score (nSPS) is 17.9. The lowest BCUT2D eigenvalue weighted by atomic mass is 10.2. The van der Waals surface area contributed by atoms with E-state index in [1.165, 1.54) is 22.6 Å². The van der Waals surface area contributed by atoms with Gasteiger partial charge >= 0.3 is 13.9 Å². The van der Waals surface area contributed by atoms with Gasteiger partial charge in [-0.3, -0.25) is 18.9 Å². The Morgan fingerprint density at radius 1 is 1.39 bits per heavy atom. The Bertz CT molecular complexity index is 1100. The van der Waals surface area contributed by atoms with Gasteiger partial charge in [0, 0.05) is 25.2 Å². The van der Waals surface area contributed by atoms with Crippen molar-refractivity contribution >= 4 is 31.2 Å². The number of nitrogens with zero attached hydrogens (tertiary/aromatic N) is 4. The van der Waals surface area contributed by atoms with Gasteiger partial charge < -0.3 is 24.7 Å². The molecule has 0 spiro atoms. The van der Waals surface area contributed by atoms with Crippen LogP contribution in [0.1, 0.15) is 18.2 Å². The van der Waals surface area contributed by atoms with Gasteiger partial charge in [-0.05, 0) is 18.2 Å². The van der Waals surface area contributed by atoms with Gasteiger partial charge in [0.05, 0.1) is 49.9 Å². The number of ether oxygens (including phenoxy) is 1. The van der Waals surface area contributed by atoms with E-state index in [9.17, 15) is 18.5 Å². The van der Waals surface area contributed by atoms with Gasteiger partial charge in [0.2, 0.25) is 5.91 Å². The number of hydrogen-bond acceptors (Lipinski definition) is 7. The molecule has 1 aromatic heterocycles. The van der Waals surface area contributed by atoms with Crippen LogP contribution in [0.2, 0.25) is 0 Å². The lowest BCUT2D eigenvalue weighted by Crippen LogP contribution is -2.33. The number of fused-ring (bicyclic) bond motifs is 1. The number of aromatic nitrogens is 2. The molecule has 33 heavy (non-hydrogen) atoms. The van der Waals surface area contributed by atoms with Gasteiger partial charge in [0.15, 0.2) is 0 Å². The average molecular weight is 483 g/mol. The molecule has 178 valence electrons. The number of anilines is 2. The Labute approximate surface area is 188 Å². The number of rotatable bonds is 8. The second-order valence-electron chi connectivity index (χ2n) is 7.73. The summed E-state index contributed by atoms with van der Waals surface area (Å²) in [5, 5.41) is 6.96. The van der Waals surface area contributed by atoms with Gasteiger partial charge in [-0.2, -0.15) is 5.10 Å². The van der Waals surface area contributed by atoms with Crippen molar-refractivity contribution in [2.75, 3.05) is 29.5 Å². The molecule has 0 saturated carbocycles. The van der Waals surface area contributed by atoms with Gasteiger partial charge in [-0.1, -0.05) is 0 Å². The minimum absolute atomic E-state index is 0.177. The third-order valence-electron chi connectivity index (χ3n) is 5.24. The highest BCUT2D eigenvalue weighted by Crippen LogP contribution is 2.36. The molecule has 12 nitrogen and oxygen atoms in total. The van der Waals surface area contributed by atoms with Gasteiger partial charge in [-0.25, -0.2) is 13.8 Å². The maximum atomic E-state index is 14.9. The third-order valence-corrected chi connectivity index (χ3v) is 5.76. The largest absolute Gasteiger partial charge is 0.469 e. The molecule has 1 atom stereocenters. The van der Waals surface area contributed by atoms with E-state index in [2.05, 4.69) is 14.9 Å². The minimum Gasteiger partial charge on any atom is -0.442 e. The molecule has 1 aromatic carbocycles. The van der Waals surface area contributed by atoms with Crippen molar-refractivity contribution in [2.45, 2.75) is 32.7 Å². The smallest absolute Gasteiger partial charge is 0.442 e. The van der Waals surface area contributed by atoms with E-state index in [0.717, 1.165) is 11.3 Å². The Hall–Kier alpha value is -2.99. The lowest BCUT2D eigenvalue weighted by Gasteiger charge is -2.21. The number of phosphoric acid groups is 1. The van der Waals surface area contributed by atoms with Crippen LogP contribution in [0, 0.1) is 5.82 Å². The van der Waals surface area contributed by atoms with Crippen LogP contribution in [0.15, 0.2) is 24.4 Å². The first kappa shape index (κ1) is 23.2. The van der Waals surface area contributed by atoms with Crippen LogP contribution < -0.4 is 15.1 Å². The van der Waals surface area contributed by atoms with Crippen LogP contribution in [0.5, 0.6) is 0 Å². The highest BCUT2D eigenvalue weighted by Gasteiger charge is 2.33. The number of cyclic esters (lactones) is 1. The predicted octanol–water partition coefficient (Wildman–Crippen LogP) is 1.11. The van der Waals surface area contributed by atoms with Crippen LogP contribution >= 0.6 is 7.82 Å². The number of halogens is 1. The molecular weight excluding hydrogens is 460 g/mol. The summed E-state index contributed by atoms with van der Waals surface area (Å²) in [6.07, 6.45) is 0.623. The summed E-state index contributed by atoms with van der Waals surface area (Å²) in [5.74, 6) is -0.730. The summed E-state index contributed by atoms with van der Waals surface area (Å²) in [4.78, 5) is 43.8. The first-order valence-electron chi connectivity index (χ1n) is 10.1. The van der Waals surface area contributed by atoms with Crippen molar-refractivity contribution < 1.29 is 37.6 Å². The summed E-state index contributed by atoms with van der Waals surface area (Å²) < 4.78 is 36.8. The quantitative estimate of drug-likeness (QED) is 0.470. The maximum absolute atomic E-state index is 14.9. The minimum atomic E-state index is -4.52. The predicted molar refractivity (Wildman–Crippen MR) is 113 cm³/mol. The van der Waals surface area contributed by atoms with Crippen molar-refractivity contribution in [2.24, 2.45) is 0 Å². The summed E-state index contributed by atoms with van der Waals surface area (Å²) in [6.45, 7) is 2.52. The molecule has 1 saturated heterocycles. The van der Waals surface area contributed by atoms with E-state index in [1.54, 1.807) is 23.2 Å². The highest BCUT2D eigenvalue weighted by molar-refractivity contribution is 7.46. The molecule has 1 fully saturated rings. The molecule has 4 rings (SSSR count). The highest BCUT2D eigenvalue weighted by atomic mass is 31.2. The molecule has 2 aliphatic rings. The van der Waals surface area contributed by atoms with Crippen LogP contribution in [-0.4, -0.2) is 57.4 Å². The van der Waals surface area contributed by atoms with Gasteiger partial charge in [-0.15, -0.1) is 0 Å². The number of hydrogen-bond donors (Lipinski definition) is 3. The summed E-state index contributed by atoms with van der Waals surface area (Å²) >= 11 is 0. The summed E-state index contributed by atoms with van der Waals surface area (Å²) in [5.41, 5.74) is 2.33. The van der Waals surface area contributed by atoms with E-state index in [1.807, 2.05) is 0 Å². The van der Waals surface area contributed by atoms with E-state index < -0.39 is 25.8 Å². The fourth-order valence-electron chi connectivity index (χ4n) is 3.76. The second-order valence-corrected chi connectivity index (χ2v) is 8.97. The molecular formula is C19H23FN5O7P. The van der Waals surface area contributed by atoms with Crippen molar-refractivity contribution in [1.82, 2.24) is 15.1 Å². The molecule has 0 bridgehead atoms. The maximum Gasteiger partial charge on any atom is 0.469 e. The van der Waals surface area contributed by atoms with Crippen LogP contribution in [0.4, 0.5) is 20.6 Å². The van der Waals surface area contributed by atoms with Crippen molar-refractivity contribution in [1.29, 1.82) is 0 Å². The zero-order valence-corrected chi connectivity index (χ0v) is 18.6. The number of amides is 2. The summed E-state index contributed by atoms with van der Waals surface area (Å²) in [7, 11) is -4.52. The Balaban J connectivity index is 1.37. The monoisotopic (exact) mass is 483 g/mol. The molecule has 2 amide bonds. The molecule has 0 unspecified atom stereocenters. The Morgan fingerprint density at radius 2 is 2.18 bits per heavy atom.